The molecule has 6 heteroatoms. The Morgan fingerprint density at radius 1 is 0.893 bits per heavy atom. The third-order valence-electron chi connectivity index (χ3n) is 5.37. The number of fused-ring (bicyclic) bond motifs is 3. The second kappa shape index (κ2) is 5.66. The van der Waals surface area contributed by atoms with Crippen LogP contribution in [0.3, 0.4) is 0 Å². The van der Waals surface area contributed by atoms with Gasteiger partial charge in [0.2, 0.25) is 5.66 Å². The minimum atomic E-state index is -1.44. The van der Waals surface area contributed by atoms with E-state index >= 15 is 0 Å². The lowest BCUT2D eigenvalue weighted by atomic mass is 9.92. The number of rotatable bonds is 1. The van der Waals surface area contributed by atoms with Gasteiger partial charge >= 0.3 is 0 Å². The summed E-state index contributed by atoms with van der Waals surface area (Å²) in [6.07, 6.45) is 0. The van der Waals surface area contributed by atoms with Crippen molar-refractivity contribution in [2.75, 3.05) is 22.2 Å². The molecule has 5 rings (SSSR count). The average Bonchev–Trinajstić information content (AvgIpc) is 2.92. The summed E-state index contributed by atoms with van der Waals surface area (Å²) in [7, 11) is 1.69. The number of carbonyl (C=O) groups excluding carboxylic acids is 2. The van der Waals surface area contributed by atoms with Crippen LogP contribution in [0.2, 0.25) is 0 Å². The van der Waals surface area contributed by atoms with E-state index in [4.69, 9.17) is 0 Å². The number of amides is 2. The number of nitrogens with zero attached hydrogens (tertiary/aromatic N) is 2. The van der Waals surface area contributed by atoms with Crippen LogP contribution in [-0.4, -0.2) is 18.9 Å². The first kappa shape index (κ1) is 16.5. The summed E-state index contributed by atoms with van der Waals surface area (Å²) < 4.78 is 13.5. The molecule has 0 radical (unpaired) electrons. The van der Waals surface area contributed by atoms with Crippen LogP contribution in [0.4, 0.5) is 21.5 Å². The van der Waals surface area contributed by atoms with Gasteiger partial charge in [0.05, 0.1) is 11.3 Å². The minimum absolute atomic E-state index is 0.277. The van der Waals surface area contributed by atoms with Gasteiger partial charge in [0.15, 0.2) is 0 Å². The second-order valence-corrected chi connectivity index (χ2v) is 6.88. The molecule has 5 nitrogen and oxygen atoms in total. The van der Waals surface area contributed by atoms with Crippen LogP contribution in [-0.2, 0) is 10.5 Å². The third-order valence-corrected chi connectivity index (χ3v) is 5.37. The van der Waals surface area contributed by atoms with E-state index < -0.39 is 11.5 Å². The van der Waals surface area contributed by atoms with E-state index in [-0.39, 0.29) is 11.8 Å². The lowest BCUT2D eigenvalue weighted by Gasteiger charge is -2.44. The molecule has 0 fully saturated rings. The molecule has 0 saturated heterocycles. The van der Waals surface area contributed by atoms with Crippen molar-refractivity contribution >= 4 is 28.9 Å². The normalized spacial score (nSPS) is 20.2. The van der Waals surface area contributed by atoms with Crippen LogP contribution in [0, 0.1) is 5.82 Å². The number of hydrogen-bond acceptors (Lipinski definition) is 3. The molecule has 0 aliphatic carbocycles. The van der Waals surface area contributed by atoms with E-state index in [0.717, 1.165) is 5.69 Å². The number of para-hydroxylation sites is 2. The molecule has 0 unspecified atom stereocenters. The topological polar surface area (TPSA) is 52.7 Å². The van der Waals surface area contributed by atoms with Gasteiger partial charge in [-0.25, -0.2) is 4.39 Å². The maximum Gasteiger partial charge on any atom is 0.278 e. The molecule has 3 aromatic carbocycles. The highest BCUT2D eigenvalue weighted by atomic mass is 19.1. The number of carbonyl (C=O) groups is 2. The summed E-state index contributed by atoms with van der Waals surface area (Å²) in [4.78, 5) is 30.1. The standard InChI is InChI=1S/C22H16FN3O2/c1-25-19-9-5-3-7-17(19)22(21(25)28)24-18-8-4-2-6-16(18)20(27)26(22)15-12-10-14(23)11-13-15/h2-13,24H,1H3/t22-/m0/s1. The number of anilines is 3. The first-order valence-electron chi connectivity index (χ1n) is 8.89. The van der Waals surface area contributed by atoms with Gasteiger partial charge in [-0.15, -0.1) is 0 Å². The Bertz CT molecular complexity index is 1130. The fourth-order valence-electron chi connectivity index (χ4n) is 4.08. The van der Waals surface area contributed by atoms with Crippen molar-refractivity contribution < 1.29 is 14.0 Å². The fraction of sp³-hybridized carbons (Fsp3) is 0.0909. The lowest BCUT2D eigenvalue weighted by Crippen LogP contribution is -2.62. The molecule has 3 aromatic rings. The Balaban J connectivity index is 1.83. The molecule has 1 spiro atoms. The Morgan fingerprint density at radius 3 is 2.36 bits per heavy atom. The highest BCUT2D eigenvalue weighted by Gasteiger charge is 2.58. The molecule has 138 valence electrons. The highest BCUT2D eigenvalue weighted by Crippen LogP contribution is 2.48. The highest BCUT2D eigenvalue weighted by molar-refractivity contribution is 6.22. The number of hydrogen-bond donors (Lipinski definition) is 1. The molecule has 2 aliphatic rings. The molecular formula is C22H16FN3O2. The number of halogens is 1. The summed E-state index contributed by atoms with van der Waals surface area (Å²) >= 11 is 0. The van der Waals surface area contributed by atoms with Gasteiger partial charge in [0, 0.05) is 24.0 Å². The van der Waals surface area contributed by atoms with Crippen LogP contribution < -0.4 is 15.1 Å². The Hall–Kier alpha value is -3.67. The summed E-state index contributed by atoms with van der Waals surface area (Å²) in [6, 6.07) is 20.0. The number of likely N-dealkylation sites (N-methyl/N-ethyl adjacent to an activating group) is 1. The van der Waals surface area contributed by atoms with E-state index in [2.05, 4.69) is 5.32 Å². The Kier molecular flexibility index (Phi) is 3.34. The summed E-state index contributed by atoms with van der Waals surface area (Å²) in [5.41, 5.74) is 1.44. The van der Waals surface area contributed by atoms with Gasteiger partial charge in [-0.1, -0.05) is 30.3 Å². The summed E-state index contributed by atoms with van der Waals surface area (Å²) in [5, 5.41) is 3.32. The zero-order valence-corrected chi connectivity index (χ0v) is 15.0. The zero-order valence-electron chi connectivity index (χ0n) is 15.0. The van der Waals surface area contributed by atoms with E-state index in [9.17, 15) is 14.0 Å². The van der Waals surface area contributed by atoms with E-state index in [0.29, 0.717) is 22.5 Å². The maximum atomic E-state index is 13.5. The summed E-state index contributed by atoms with van der Waals surface area (Å²) in [5.74, 6) is -1.01. The molecule has 28 heavy (non-hydrogen) atoms. The van der Waals surface area contributed by atoms with Crippen molar-refractivity contribution in [1.29, 1.82) is 0 Å². The van der Waals surface area contributed by atoms with Gasteiger partial charge in [-0.2, -0.15) is 0 Å². The van der Waals surface area contributed by atoms with Gasteiger partial charge in [-0.3, -0.25) is 14.5 Å². The van der Waals surface area contributed by atoms with Crippen LogP contribution >= 0.6 is 0 Å². The SMILES string of the molecule is CN1C(=O)[C@]2(Nc3ccccc3C(=O)N2c2ccc(F)cc2)c2ccccc21. The maximum absolute atomic E-state index is 13.5. The van der Waals surface area contributed by atoms with Crippen LogP contribution in [0.1, 0.15) is 15.9 Å². The van der Waals surface area contributed by atoms with Crippen molar-refractivity contribution in [2.45, 2.75) is 5.66 Å². The van der Waals surface area contributed by atoms with Crippen molar-refractivity contribution in [2.24, 2.45) is 0 Å². The van der Waals surface area contributed by atoms with Crippen molar-refractivity contribution in [3.63, 3.8) is 0 Å². The average molecular weight is 373 g/mol. The fourth-order valence-corrected chi connectivity index (χ4v) is 4.08. The van der Waals surface area contributed by atoms with Crippen molar-refractivity contribution in [3.05, 3.63) is 89.7 Å². The molecular weight excluding hydrogens is 357 g/mol. The smallest absolute Gasteiger partial charge is 0.278 e. The largest absolute Gasteiger partial charge is 0.350 e. The van der Waals surface area contributed by atoms with Crippen molar-refractivity contribution in [1.82, 2.24) is 0 Å². The summed E-state index contributed by atoms with van der Waals surface area (Å²) in [6.45, 7) is 0. The van der Waals surface area contributed by atoms with Gasteiger partial charge in [-0.05, 0) is 42.5 Å². The van der Waals surface area contributed by atoms with Gasteiger partial charge in [0.1, 0.15) is 5.82 Å². The molecule has 2 aliphatic heterocycles. The molecule has 0 aromatic heterocycles. The Labute approximate surface area is 161 Å². The quantitative estimate of drug-likeness (QED) is 0.707. The molecule has 0 saturated carbocycles. The van der Waals surface area contributed by atoms with E-state index in [1.807, 2.05) is 30.3 Å². The Morgan fingerprint density at radius 2 is 1.57 bits per heavy atom. The lowest BCUT2D eigenvalue weighted by molar-refractivity contribution is -0.121. The van der Waals surface area contributed by atoms with Crippen LogP contribution in [0.25, 0.3) is 0 Å². The molecule has 2 amide bonds. The van der Waals surface area contributed by atoms with Crippen LogP contribution in [0.5, 0.6) is 0 Å². The first-order chi connectivity index (χ1) is 13.5. The van der Waals surface area contributed by atoms with E-state index in [1.165, 1.54) is 29.2 Å². The predicted octanol–water partition coefficient (Wildman–Crippen LogP) is 3.73. The van der Waals surface area contributed by atoms with Gasteiger partial charge in [0.25, 0.3) is 11.8 Å². The molecule has 1 atom stereocenters. The predicted molar refractivity (Wildman–Crippen MR) is 105 cm³/mol. The van der Waals surface area contributed by atoms with E-state index in [1.54, 1.807) is 30.1 Å². The zero-order chi connectivity index (χ0) is 19.5. The number of nitrogens with one attached hydrogen (secondary N) is 1. The number of benzene rings is 3. The second-order valence-electron chi connectivity index (χ2n) is 6.88. The monoisotopic (exact) mass is 373 g/mol. The molecule has 1 N–H and O–H groups in total. The first-order valence-corrected chi connectivity index (χ1v) is 8.89. The third kappa shape index (κ3) is 2.00. The van der Waals surface area contributed by atoms with Gasteiger partial charge < -0.3 is 10.2 Å². The molecule has 2 heterocycles. The van der Waals surface area contributed by atoms with Crippen molar-refractivity contribution in [3.8, 4) is 0 Å². The van der Waals surface area contributed by atoms with Crippen LogP contribution in [0.15, 0.2) is 72.8 Å². The minimum Gasteiger partial charge on any atom is -0.350 e. The molecule has 0 bridgehead atoms.